The molecule has 0 saturated carbocycles. The fourth-order valence-corrected chi connectivity index (χ4v) is 3.18. The molecule has 0 aliphatic rings. The van der Waals surface area contributed by atoms with E-state index in [0.717, 1.165) is 5.69 Å². The Morgan fingerprint density at radius 3 is 2.52 bits per heavy atom. The molecule has 1 aromatic heterocycles. The lowest BCUT2D eigenvalue weighted by Gasteiger charge is -2.11. The maximum atomic E-state index is 12.4. The van der Waals surface area contributed by atoms with Gasteiger partial charge in [0.05, 0.1) is 29.7 Å². The maximum Gasteiger partial charge on any atom is 0.398 e. The molecule has 1 amide bonds. The van der Waals surface area contributed by atoms with Crippen molar-refractivity contribution in [3.05, 3.63) is 72.6 Å². The highest BCUT2D eigenvalue weighted by atomic mass is 32.2. The van der Waals surface area contributed by atoms with Crippen LogP contribution in [0.2, 0.25) is 0 Å². The molecule has 1 N–H and O–H groups in total. The molecular weight excluding hydrogens is 375 g/mol. The van der Waals surface area contributed by atoms with E-state index in [1.807, 2.05) is 30.3 Å². The van der Waals surface area contributed by atoms with E-state index in [4.69, 9.17) is 0 Å². The Morgan fingerprint density at radius 1 is 1.07 bits per heavy atom. The first-order valence-electron chi connectivity index (χ1n) is 8.08. The third-order valence-electron chi connectivity index (χ3n) is 3.57. The topological polar surface area (TPSA) is 46.9 Å². The van der Waals surface area contributed by atoms with Gasteiger partial charge in [0.15, 0.2) is 0 Å². The van der Waals surface area contributed by atoms with E-state index in [0.29, 0.717) is 27.9 Å². The molecule has 0 fully saturated rings. The number of carbonyl (C=O) groups is 1. The average Bonchev–Trinajstić information content (AvgIpc) is 3.09. The van der Waals surface area contributed by atoms with Crippen molar-refractivity contribution in [3.63, 3.8) is 0 Å². The van der Waals surface area contributed by atoms with E-state index in [1.165, 1.54) is 0 Å². The van der Waals surface area contributed by atoms with Crippen molar-refractivity contribution in [3.8, 4) is 5.69 Å². The molecule has 0 aliphatic carbocycles. The van der Waals surface area contributed by atoms with Gasteiger partial charge in [0.1, 0.15) is 0 Å². The highest BCUT2D eigenvalue weighted by molar-refractivity contribution is 7.99. The van der Waals surface area contributed by atoms with E-state index in [9.17, 15) is 18.0 Å². The van der Waals surface area contributed by atoms with Crippen LogP contribution >= 0.6 is 11.8 Å². The van der Waals surface area contributed by atoms with Gasteiger partial charge in [-0.3, -0.25) is 4.79 Å². The molecule has 2 aromatic carbocycles. The highest BCUT2D eigenvalue weighted by Crippen LogP contribution is 2.32. The molecule has 140 valence electrons. The highest BCUT2D eigenvalue weighted by Gasteiger charge is 2.27. The van der Waals surface area contributed by atoms with Crippen LogP contribution in [0.25, 0.3) is 5.69 Å². The third-order valence-corrected chi connectivity index (χ3v) is 4.71. The maximum absolute atomic E-state index is 12.4. The summed E-state index contributed by atoms with van der Waals surface area (Å²) in [6, 6.07) is 15.9. The normalized spacial score (nSPS) is 11.4. The standard InChI is InChI=1S/C19H16F3N3OS/c20-19(21,22)13-27-17-9-5-4-8-16(17)24-18(26)10-14-11-23-25(12-14)15-6-2-1-3-7-15/h1-9,11-12H,10,13H2,(H,24,26). The number of para-hydroxylation sites is 2. The zero-order valence-electron chi connectivity index (χ0n) is 14.1. The number of benzene rings is 2. The molecule has 0 saturated heterocycles. The van der Waals surface area contributed by atoms with Gasteiger partial charge in [0.25, 0.3) is 0 Å². The second kappa shape index (κ2) is 8.30. The molecule has 0 spiro atoms. The predicted molar refractivity (Wildman–Crippen MR) is 99.1 cm³/mol. The number of hydrogen-bond acceptors (Lipinski definition) is 3. The summed E-state index contributed by atoms with van der Waals surface area (Å²) in [7, 11) is 0. The Kier molecular flexibility index (Phi) is 5.85. The average molecular weight is 391 g/mol. The largest absolute Gasteiger partial charge is 0.398 e. The predicted octanol–water partition coefficient (Wildman–Crippen LogP) is 4.71. The Morgan fingerprint density at radius 2 is 1.78 bits per heavy atom. The number of alkyl halides is 3. The zero-order chi connectivity index (χ0) is 19.3. The molecule has 3 rings (SSSR count). The SMILES string of the molecule is O=C(Cc1cnn(-c2ccccc2)c1)Nc1ccccc1SCC(F)(F)F. The Hall–Kier alpha value is -2.74. The van der Waals surface area contributed by atoms with E-state index in [-0.39, 0.29) is 12.3 Å². The van der Waals surface area contributed by atoms with Gasteiger partial charge in [-0.15, -0.1) is 11.8 Å². The number of carbonyl (C=O) groups excluding carboxylic acids is 1. The van der Waals surface area contributed by atoms with E-state index in [1.54, 1.807) is 41.3 Å². The summed E-state index contributed by atoms with van der Waals surface area (Å²) >= 11 is 0.647. The fraction of sp³-hybridized carbons (Fsp3) is 0.158. The Bertz CT molecular complexity index is 910. The molecule has 8 heteroatoms. The first-order chi connectivity index (χ1) is 12.9. The lowest BCUT2D eigenvalue weighted by Crippen LogP contribution is -2.15. The lowest BCUT2D eigenvalue weighted by molar-refractivity contribution is -0.115. The smallest absolute Gasteiger partial charge is 0.325 e. The lowest BCUT2D eigenvalue weighted by atomic mass is 10.2. The summed E-state index contributed by atoms with van der Waals surface area (Å²) in [4.78, 5) is 12.7. The number of anilines is 1. The number of aromatic nitrogens is 2. The Labute approximate surface area is 158 Å². The Balaban J connectivity index is 1.64. The minimum atomic E-state index is -4.27. The van der Waals surface area contributed by atoms with E-state index >= 15 is 0 Å². The van der Waals surface area contributed by atoms with Gasteiger partial charge in [-0.2, -0.15) is 18.3 Å². The third kappa shape index (κ3) is 5.62. The second-order valence-electron chi connectivity index (χ2n) is 5.75. The van der Waals surface area contributed by atoms with Crippen LogP contribution in [-0.2, 0) is 11.2 Å². The second-order valence-corrected chi connectivity index (χ2v) is 6.77. The number of rotatable bonds is 6. The molecule has 0 bridgehead atoms. The first kappa shape index (κ1) is 19.0. The van der Waals surface area contributed by atoms with E-state index in [2.05, 4.69) is 10.4 Å². The molecular formula is C19H16F3N3OS. The molecule has 27 heavy (non-hydrogen) atoms. The van der Waals surface area contributed by atoms with Crippen LogP contribution in [0.4, 0.5) is 18.9 Å². The summed E-state index contributed by atoms with van der Waals surface area (Å²) in [5.41, 5.74) is 1.95. The number of amides is 1. The minimum absolute atomic E-state index is 0.0745. The van der Waals surface area contributed by atoms with Crippen LogP contribution in [0, 0.1) is 0 Å². The molecule has 3 aromatic rings. The van der Waals surface area contributed by atoms with Gasteiger partial charge < -0.3 is 5.32 Å². The summed E-state index contributed by atoms with van der Waals surface area (Å²) < 4.78 is 39.0. The fourth-order valence-electron chi connectivity index (χ4n) is 2.41. The van der Waals surface area contributed by atoms with Gasteiger partial charge >= 0.3 is 6.18 Å². The van der Waals surface area contributed by atoms with Crippen LogP contribution in [0.1, 0.15) is 5.56 Å². The van der Waals surface area contributed by atoms with Crippen LogP contribution in [-0.4, -0.2) is 27.6 Å². The zero-order valence-corrected chi connectivity index (χ0v) is 14.9. The van der Waals surface area contributed by atoms with Crippen molar-refractivity contribution in [2.45, 2.75) is 17.5 Å². The molecule has 0 atom stereocenters. The van der Waals surface area contributed by atoms with Gasteiger partial charge in [0.2, 0.25) is 5.91 Å². The molecule has 0 aliphatic heterocycles. The van der Waals surface area contributed by atoms with Crippen molar-refractivity contribution in [1.82, 2.24) is 9.78 Å². The molecule has 0 unspecified atom stereocenters. The summed E-state index contributed by atoms with van der Waals surface area (Å²) in [5, 5.41) is 6.91. The van der Waals surface area contributed by atoms with Gasteiger partial charge in [0, 0.05) is 11.1 Å². The molecule has 0 radical (unpaired) electrons. The summed E-state index contributed by atoms with van der Waals surface area (Å²) in [6.07, 6.45) is -0.852. The molecule has 1 heterocycles. The number of thioether (sulfide) groups is 1. The summed E-state index contributed by atoms with van der Waals surface area (Å²) in [5.74, 6) is -1.33. The number of nitrogens with zero attached hydrogens (tertiary/aromatic N) is 2. The van der Waals surface area contributed by atoms with Crippen LogP contribution < -0.4 is 5.32 Å². The van der Waals surface area contributed by atoms with Gasteiger partial charge in [-0.1, -0.05) is 30.3 Å². The van der Waals surface area contributed by atoms with Crippen molar-refractivity contribution < 1.29 is 18.0 Å². The molecule has 4 nitrogen and oxygen atoms in total. The van der Waals surface area contributed by atoms with Crippen molar-refractivity contribution in [1.29, 1.82) is 0 Å². The van der Waals surface area contributed by atoms with Crippen LogP contribution in [0.15, 0.2) is 71.9 Å². The quantitative estimate of drug-likeness (QED) is 0.619. The van der Waals surface area contributed by atoms with Crippen molar-refractivity contribution in [2.24, 2.45) is 0 Å². The van der Waals surface area contributed by atoms with Gasteiger partial charge in [-0.25, -0.2) is 4.68 Å². The number of nitrogens with one attached hydrogen (secondary N) is 1. The van der Waals surface area contributed by atoms with Crippen LogP contribution in [0.5, 0.6) is 0 Å². The van der Waals surface area contributed by atoms with Gasteiger partial charge in [-0.05, 0) is 29.8 Å². The van der Waals surface area contributed by atoms with E-state index < -0.39 is 11.9 Å². The minimum Gasteiger partial charge on any atom is -0.325 e. The number of hydrogen-bond donors (Lipinski definition) is 1. The first-order valence-corrected chi connectivity index (χ1v) is 9.07. The summed E-state index contributed by atoms with van der Waals surface area (Å²) in [6.45, 7) is 0. The van der Waals surface area contributed by atoms with Crippen LogP contribution in [0.3, 0.4) is 0 Å². The monoisotopic (exact) mass is 391 g/mol. The van der Waals surface area contributed by atoms with Crippen molar-refractivity contribution in [2.75, 3.05) is 11.1 Å². The number of halogens is 3. The van der Waals surface area contributed by atoms with Crippen molar-refractivity contribution >= 4 is 23.4 Å².